The van der Waals surface area contributed by atoms with E-state index >= 15 is 0 Å². The maximum Gasteiger partial charge on any atom is 0.407 e. The molecule has 0 aromatic carbocycles. The molecule has 1 fully saturated rings. The Morgan fingerprint density at radius 1 is 1.11 bits per heavy atom. The lowest BCUT2D eigenvalue weighted by molar-refractivity contribution is -0.130. The molecule has 0 spiro atoms. The van der Waals surface area contributed by atoms with Crippen molar-refractivity contribution < 1.29 is 14.3 Å². The van der Waals surface area contributed by atoms with E-state index in [0.717, 1.165) is 32.0 Å². The van der Waals surface area contributed by atoms with Crippen LogP contribution in [-0.4, -0.2) is 79.7 Å². The van der Waals surface area contributed by atoms with Gasteiger partial charge in [-0.05, 0) is 26.2 Å². The van der Waals surface area contributed by atoms with Crippen LogP contribution in [0.4, 0.5) is 4.79 Å². The Morgan fingerprint density at radius 2 is 1.70 bits per heavy atom. The minimum atomic E-state index is -0.395. The lowest BCUT2D eigenvalue weighted by Crippen LogP contribution is -2.53. The molecule has 1 saturated heterocycles. The molecule has 0 aromatic heterocycles. The molecule has 2 amide bonds. The van der Waals surface area contributed by atoms with E-state index in [9.17, 15) is 9.59 Å². The minimum absolute atomic E-state index is 0. The van der Waals surface area contributed by atoms with Gasteiger partial charge in [0.25, 0.3) is 0 Å². The number of nitrogens with one attached hydrogen (secondary N) is 2. The van der Waals surface area contributed by atoms with Crippen molar-refractivity contribution in [3.05, 3.63) is 0 Å². The molecule has 0 radical (unpaired) electrons. The summed E-state index contributed by atoms with van der Waals surface area (Å²) in [5.74, 6) is 1.39. The fraction of sp³-hybridized carbons (Fsp3) is 0.833. The lowest BCUT2D eigenvalue weighted by Gasteiger charge is -2.36. The van der Waals surface area contributed by atoms with Crippen LogP contribution < -0.4 is 10.6 Å². The van der Waals surface area contributed by atoms with Crippen LogP contribution in [0.1, 0.15) is 41.0 Å². The number of amides is 2. The monoisotopic (exact) mass is 497 g/mol. The van der Waals surface area contributed by atoms with Crippen molar-refractivity contribution in [2.75, 3.05) is 45.9 Å². The average Bonchev–Trinajstić information content (AvgIpc) is 2.58. The van der Waals surface area contributed by atoms with Gasteiger partial charge >= 0.3 is 6.09 Å². The summed E-state index contributed by atoms with van der Waals surface area (Å²) in [5, 5.41) is 6.22. The third kappa shape index (κ3) is 10.0. The van der Waals surface area contributed by atoms with Gasteiger partial charge in [-0.2, -0.15) is 0 Å². The second-order valence-electron chi connectivity index (χ2n) is 6.88. The van der Waals surface area contributed by atoms with Gasteiger partial charge in [0.1, 0.15) is 0 Å². The fourth-order valence-corrected chi connectivity index (χ4v) is 2.94. The molecular weight excluding hydrogens is 461 g/mol. The largest absolute Gasteiger partial charge is 0.450 e. The van der Waals surface area contributed by atoms with E-state index in [1.54, 1.807) is 13.8 Å². The summed E-state index contributed by atoms with van der Waals surface area (Å²) < 4.78 is 5.00. The molecule has 1 unspecified atom stereocenters. The number of hydrogen-bond donors (Lipinski definition) is 2. The van der Waals surface area contributed by atoms with Gasteiger partial charge in [0, 0.05) is 39.6 Å². The van der Waals surface area contributed by atoms with Crippen LogP contribution in [0.25, 0.3) is 0 Å². The lowest BCUT2D eigenvalue weighted by atomic mass is 10.0. The highest BCUT2D eigenvalue weighted by Gasteiger charge is 2.21. The first-order valence-electron chi connectivity index (χ1n) is 9.59. The van der Waals surface area contributed by atoms with E-state index in [-0.39, 0.29) is 35.9 Å². The molecular formula is C18H36IN5O3. The smallest absolute Gasteiger partial charge is 0.407 e. The van der Waals surface area contributed by atoms with Crippen LogP contribution in [-0.2, 0) is 9.53 Å². The summed E-state index contributed by atoms with van der Waals surface area (Å²) in [5.41, 5.74) is 0. The molecule has 1 aliphatic rings. The number of rotatable bonds is 7. The number of hydrogen-bond acceptors (Lipinski definition) is 4. The summed E-state index contributed by atoms with van der Waals surface area (Å²) in [6, 6.07) is -0.0683. The van der Waals surface area contributed by atoms with Gasteiger partial charge in [-0.1, -0.05) is 13.8 Å². The van der Waals surface area contributed by atoms with Gasteiger partial charge in [-0.15, -0.1) is 24.0 Å². The first-order chi connectivity index (χ1) is 12.4. The maximum absolute atomic E-state index is 11.8. The molecule has 27 heavy (non-hydrogen) atoms. The summed E-state index contributed by atoms with van der Waals surface area (Å²) in [6.45, 7) is 14.2. The summed E-state index contributed by atoms with van der Waals surface area (Å²) in [6.07, 6.45) is 0.438. The molecule has 0 saturated carbocycles. The number of nitrogens with zero attached hydrogens (tertiary/aromatic N) is 3. The minimum Gasteiger partial charge on any atom is -0.450 e. The molecule has 1 aliphatic heterocycles. The predicted octanol–water partition coefficient (Wildman–Crippen LogP) is 1.89. The van der Waals surface area contributed by atoms with Crippen LogP contribution in [0, 0.1) is 5.92 Å². The molecule has 8 nitrogen and oxygen atoms in total. The highest BCUT2D eigenvalue weighted by atomic mass is 127. The topological polar surface area (TPSA) is 86.3 Å². The van der Waals surface area contributed by atoms with Crippen LogP contribution in [0.15, 0.2) is 4.99 Å². The molecule has 158 valence electrons. The van der Waals surface area contributed by atoms with Gasteiger partial charge in [-0.3, -0.25) is 9.79 Å². The zero-order valence-electron chi connectivity index (χ0n) is 17.3. The number of ether oxygens (including phenoxy) is 1. The molecule has 1 heterocycles. The summed E-state index contributed by atoms with van der Waals surface area (Å²) in [4.78, 5) is 32.0. The van der Waals surface area contributed by atoms with Crippen molar-refractivity contribution in [1.82, 2.24) is 20.4 Å². The number of halogens is 1. The van der Waals surface area contributed by atoms with Gasteiger partial charge in [0.15, 0.2) is 5.96 Å². The van der Waals surface area contributed by atoms with E-state index in [1.807, 2.05) is 11.8 Å². The normalized spacial score (nSPS) is 15.9. The van der Waals surface area contributed by atoms with Crippen LogP contribution in [0.3, 0.4) is 0 Å². The number of piperazine rings is 1. The Balaban J connectivity index is 0.00000676. The van der Waals surface area contributed by atoms with E-state index in [1.165, 1.54) is 0 Å². The van der Waals surface area contributed by atoms with Gasteiger partial charge in [0.05, 0.1) is 19.2 Å². The van der Waals surface area contributed by atoms with Crippen LogP contribution >= 0.6 is 24.0 Å². The van der Waals surface area contributed by atoms with Crippen molar-refractivity contribution in [2.24, 2.45) is 10.9 Å². The van der Waals surface area contributed by atoms with Gasteiger partial charge < -0.3 is 25.2 Å². The van der Waals surface area contributed by atoms with Crippen molar-refractivity contribution >= 4 is 41.9 Å². The van der Waals surface area contributed by atoms with E-state index < -0.39 is 6.09 Å². The van der Waals surface area contributed by atoms with E-state index in [4.69, 9.17) is 9.73 Å². The quantitative estimate of drug-likeness (QED) is 0.319. The standard InChI is InChI=1S/C18H35N5O3.HI/c1-6-19-17(23-10-8-22(9-11-23)15(5)24)20-13-16(12-14(3)4)21-18(25)26-7-2;/h14,16H,6-13H2,1-5H3,(H,19,20)(H,21,25);1H. The number of carbonyl (C=O) groups is 2. The molecule has 0 aromatic rings. The molecule has 0 aliphatic carbocycles. The van der Waals surface area contributed by atoms with Crippen LogP contribution in [0.2, 0.25) is 0 Å². The van der Waals surface area contributed by atoms with Gasteiger partial charge in [-0.25, -0.2) is 4.79 Å². The Hall–Kier alpha value is -1.26. The Morgan fingerprint density at radius 3 is 2.19 bits per heavy atom. The van der Waals surface area contributed by atoms with E-state index in [0.29, 0.717) is 32.2 Å². The number of alkyl carbamates (subject to hydrolysis) is 1. The number of carbonyl (C=O) groups excluding carboxylic acids is 2. The average molecular weight is 497 g/mol. The molecule has 2 N–H and O–H groups in total. The Labute approximate surface area is 180 Å². The predicted molar refractivity (Wildman–Crippen MR) is 119 cm³/mol. The zero-order valence-corrected chi connectivity index (χ0v) is 19.6. The van der Waals surface area contributed by atoms with Crippen molar-refractivity contribution in [3.8, 4) is 0 Å². The first kappa shape index (κ1) is 25.7. The molecule has 9 heteroatoms. The van der Waals surface area contributed by atoms with Crippen LogP contribution in [0.5, 0.6) is 0 Å². The number of guanidine groups is 1. The highest BCUT2D eigenvalue weighted by molar-refractivity contribution is 14.0. The van der Waals surface area contributed by atoms with Gasteiger partial charge in [0.2, 0.25) is 5.91 Å². The number of aliphatic imine (C=N–C) groups is 1. The first-order valence-corrected chi connectivity index (χ1v) is 9.59. The Bertz CT molecular complexity index is 480. The molecule has 0 bridgehead atoms. The third-order valence-electron chi connectivity index (χ3n) is 4.17. The summed E-state index contributed by atoms with van der Waals surface area (Å²) >= 11 is 0. The second kappa shape index (κ2) is 13.8. The fourth-order valence-electron chi connectivity index (χ4n) is 2.94. The van der Waals surface area contributed by atoms with Crippen molar-refractivity contribution in [1.29, 1.82) is 0 Å². The van der Waals surface area contributed by atoms with E-state index in [2.05, 4.69) is 29.4 Å². The zero-order chi connectivity index (χ0) is 19.5. The third-order valence-corrected chi connectivity index (χ3v) is 4.17. The molecule has 1 atom stereocenters. The SMILES string of the molecule is CCNC(=NCC(CC(C)C)NC(=O)OCC)N1CCN(C(C)=O)CC1.I. The maximum atomic E-state index is 11.8. The van der Waals surface area contributed by atoms with Crippen molar-refractivity contribution in [3.63, 3.8) is 0 Å². The highest BCUT2D eigenvalue weighted by Crippen LogP contribution is 2.07. The van der Waals surface area contributed by atoms with Crippen molar-refractivity contribution in [2.45, 2.75) is 47.1 Å². The summed E-state index contributed by atoms with van der Waals surface area (Å²) in [7, 11) is 0. The second-order valence-corrected chi connectivity index (χ2v) is 6.88. The Kier molecular flexibility index (Phi) is 13.2. The molecule has 1 rings (SSSR count).